The highest BCUT2D eigenvalue weighted by molar-refractivity contribution is 7.10. The summed E-state index contributed by atoms with van der Waals surface area (Å²) < 4.78 is 1.35. The highest BCUT2D eigenvalue weighted by Crippen LogP contribution is 2.25. The van der Waals surface area contributed by atoms with Crippen LogP contribution >= 0.6 is 11.3 Å². The zero-order valence-corrected chi connectivity index (χ0v) is 12.1. The summed E-state index contributed by atoms with van der Waals surface area (Å²) in [6.45, 7) is 4.17. The average molecular weight is 292 g/mol. The number of carbonyl (C=O) groups excluding carboxylic acids is 2. The molecule has 0 spiro atoms. The molecule has 2 rings (SSSR count). The van der Waals surface area contributed by atoms with E-state index < -0.39 is 0 Å². The number of carbonyl (C=O) groups is 2. The van der Waals surface area contributed by atoms with Crippen molar-refractivity contribution in [3.63, 3.8) is 0 Å². The van der Waals surface area contributed by atoms with Gasteiger partial charge in [0.15, 0.2) is 6.29 Å². The van der Waals surface area contributed by atoms with Crippen LogP contribution in [0.3, 0.4) is 0 Å². The van der Waals surface area contributed by atoms with E-state index in [0.29, 0.717) is 12.2 Å². The highest BCUT2D eigenvalue weighted by atomic mass is 32.1. The minimum Gasteiger partial charge on any atom is -0.347 e. The predicted octanol–water partition coefficient (Wildman–Crippen LogP) is 1.67. The molecule has 0 bridgehead atoms. The summed E-state index contributed by atoms with van der Waals surface area (Å²) in [5, 5.41) is 12.3. The summed E-state index contributed by atoms with van der Waals surface area (Å²) >= 11 is 1.62. The van der Waals surface area contributed by atoms with Gasteiger partial charge in [-0.1, -0.05) is 25.1 Å². The molecular formula is C13H16N4O2S. The summed E-state index contributed by atoms with van der Waals surface area (Å²) in [6, 6.07) is 3.96. The maximum absolute atomic E-state index is 12.0. The zero-order valence-electron chi connectivity index (χ0n) is 11.3. The third-order valence-electron chi connectivity index (χ3n) is 2.82. The second kappa shape index (κ2) is 6.42. The molecule has 0 fully saturated rings. The van der Waals surface area contributed by atoms with Gasteiger partial charge >= 0.3 is 0 Å². The Hall–Kier alpha value is -2.02. The molecule has 2 heterocycles. The SMILES string of the molecule is CC(C)C(NC(=O)Cn1cc(C=O)nn1)c1cccs1. The molecule has 0 saturated heterocycles. The first kappa shape index (κ1) is 14.4. The van der Waals surface area contributed by atoms with Gasteiger partial charge in [-0.15, -0.1) is 16.4 Å². The number of hydrogen-bond donors (Lipinski definition) is 1. The number of thiophene rings is 1. The van der Waals surface area contributed by atoms with Crippen LogP contribution in [0, 0.1) is 5.92 Å². The molecule has 2 aromatic heterocycles. The van der Waals surface area contributed by atoms with Crippen LogP contribution in [0.25, 0.3) is 0 Å². The van der Waals surface area contributed by atoms with Crippen LogP contribution in [-0.2, 0) is 11.3 Å². The average Bonchev–Trinajstić information content (AvgIpc) is 3.06. The molecule has 0 saturated carbocycles. The number of aldehydes is 1. The van der Waals surface area contributed by atoms with E-state index in [9.17, 15) is 9.59 Å². The summed E-state index contributed by atoms with van der Waals surface area (Å²) in [6.07, 6.45) is 2.05. The topological polar surface area (TPSA) is 76.9 Å². The molecule has 7 heteroatoms. The molecule has 2 aromatic rings. The Morgan fingerprint density at radius 3 is 2.90 bits per heavy atom. The lowest BCUT2D eigenvalue weighted by molar-refractivity contribution is -0.122. The Balaban J connectivity index is 2.00. The van der Waals surface area contributed by atoms with Crippen molar-refractivity contribution in [1.82, 2.24) is 20.3 Å². The quantitative estimate of drug-likeness (QED) is 0.822. The fourth-order valence-electron chi connectivity index (χ4n) is 1.85. The number of hydrogen-bond acceptors (Lipinski definition) is 5. The molecule has 106 valence electrons. The second-order valence-corrected chi connectivity index (χ2v) is 5.74. The summed E-state index contributed by atoms with van der Waals surface area (Å²) in [7, 11) is 0. The Kier molecular flexibility index (Phi) is 4.62. The first-order valence-electron chi connectivity index (χ1n) is 6.28. The van der Waals surface area contributed by atoms with Gasteiger partial charge in [0.25, 0.3) is 0 Å². The fourth-order valence-corrected chi connectivity index (χ4v) is 2.79. The van der Waals surface area contributed by atoms with Crippen molar-refractivity contribution in [3.8, 4) is 0 Å². The van der Waals surface area contributed by atoms with Crippen molar-refractivity contribution < 1.29 is 9.59 Å². The van der Waals surface area contributed by atoms with E-state index in [4.69, 9.17) is 0 Å². The van der Waals surface area contributed by atoms with Crippen molar-refractivity contribution in [2.24, 2.45) is 5.92 Å². The van der Waals surface area contributed by atoms with E-state index in [2.05, 4.69) is 29.5 Å². The van der Waals surface area contributed by atoms with Gasteiger partial charge in [0.05, 0.1) is 12.2 Å². The molecule has 0 radical (unpaired) electrons. The Bertz CT molecular complexity index is 577. The highest BCUT2D eigenvalue weighted by Gasteiger charge is 2.19. The summed E-state index contributed by atoms with van der Waals surface area (Å²) in [4.78, 5) is 23.7. The van der Waals surface area contributed by atoms with Gasteiger partial charge < -0.3 is 5.32 Å². The molecule has 20 heavy (non-hydrogen) atoms. The molecule has 0 aliphatic rings. The van der Waals surface area contributed by atoms with Crippen LogP contribution in [0.2, 0.25) is 0 Å². The van der Waals surface area contributed by atoms with Crippen molar-refractivity contribution in [1.29, 1.82) is 0 Å². The van der Waals surface area contributed by atoms with Crippen LogP contribution < -0.4 is 5.32 Å². The van der Waals surface area contributed by atoms with Gasteiger partial charge in [-0.25, -0.2) is 4.68 Å². The van der Waals surface area contributed by atoms with Gasteiger partial charge in [-0.2, -0.15) is 0 Å². The minimum atomic E-state index is -0.153. The van der Waals surface area contributed by atoms with E-state index in [1.807, 2.05) is 17.5 Å². The van der Waals surface area contributed by atoms with Gasteiger partial charge in [0, 0.05) is 4.88 Å². The van der Waals surface area contributed by atoms with Crippen LogP contribution in [0.5, 0.6) is 0 Å². The van der Waals surface area contributed by atoms with E-state index >= 15 is 0 Å². The van der Waals surface area contributed by atoms with Gasteiger partial charge in [-0.3, -0.25) is 9.59 Å². The molecular weight excluding hydrogens is 276 g/mol. The van der Waals surface area contributed by atoms with Gasteiger partial charge in [0.2, 0.25) is 5.91 Å². The van der Waals surface area contributed by atoms with E-state index in [1.165, 1.54) is 10.9 Å². The largest absolute Gasteiger partial charge is 0.347 e. The maximum atomic E-state index is 12.0. The molecule has 1 unspecified atom stereocenters. The first-order valence-corrected chi connectivity index (χ1v) is 7.16. The normalized spacial score (nSPS) is 12.3. The van der Waals surface area contributed by atoms with Crippen LogP contribution in [-0.4, -0.2) is 27.2 Å². The molecule has 0 aromatic carbocycles. The van der Waals surface area contributed by atoms with Crippen molar-refractivity contribution in [3.05, 3.63) is 34.3 Å². The van der Waals surface area contributed by atoms with Gasteiger partial charge in [-0.05, 0) is 17.4 Å². The third-order valence-corrected chi connectivity index (χ3v) is 3.77. The Labute approximate surface area is 120 Å². The maximum Gasteiger partial charge on any atom is 0.242 e. The number of rotatable bonds is 6. The summed E-state index contributed by atoms with van der Waals surface area (Å²) in [5.74, 6) is 0.137. The Morgan fingerprint density at radius 2 is 2.35 bits per heavy atom. The van der Waals surface area contributed by atoms with Crippen LogP contribution in [0.4, 0.5) is 0 Å². The fraction of sp³-hybridized carbons (Fsp3) is 0.385. The predicted molar refractivity (Wildman–Crippen MR) is 75.5 cm³/mol. The molecule has 1 N–H and O–H groups in total. The lowest BCUT2D eigenvalue weighted by atomic mass is 10.0. The summed E-state index contributed by atoms with van der Waals surface area (Å²) in [5.41, 5.74) is 0.219. The van der Waals surface area contributed by atoms with E-state index in [1.54, 1.807) is 11.3 Å². The first-order chi connectivity index (χ1) is 9.60. The zero-order chi connectivity index (χ0) is 14.5. The van der Waals surface area contributed by atoms with E-state index in [-0.39, 0.29) is 24.2 Å². The molecule has 0 aliphatic carbocycles. The number of nitrogens with zero attached hydrogens (tertiary/aromatic N) is 3. The number of nitrogens with one attached hydrogen (secondary N) is 1. The van der Waals surface area contributed by atoms with Crippen LogP contribution in [0.15, 0.2) is 23.7 Å². The third kappa shape index (κ3) is 3.51. The molecule has 0 aliphatic heterocycles. The van der Waals surface area contributed by atoms with Crippen molar-refractivity contribution in [2.75, 3.05) is 0 Å². The smallest absolute Gasteiger partial charge is 0.242 e. The standard InChI is InChI=1S/C13H16N4O2S/c1-9(2)13(11-4-3-5-20-11)14-12(19)7-17-6-10(8-18)15-16-17/h3-6,8-9,13H,7H2,1-2H3,(H,14,19). The van der Waals surface area contributed by atoms with Crippen molar-refractivity contribution in [2.45, 2.75) is 26.4 Å². The monoisotopic (exact) mass is 292 g/mol. The van der Waals surface area contributed by atoms with E-state index in [0.717, 1.165) is 4.88 Å². The molecule has 1 amide bonds. The van der Waals surface area contributed by atoms with Gasteiger partial charge in [0.1, 0.15) is 12.2 Å². The number of amides is 1. The molecule has 1 atom stereocenters. The molecule has 6 nitrogen and oxygen atoms in total. The Morgan fingerprint density at radius 1 is 1.55 bits per heavy atom. The second-order valence-electron chi connectivity index (χ2n) is 4.76. The lowest BCUT2D eigenvalue weighted by Gasteiger charge is -2.21. The lowest BCUT2D eigenvalue weighted by Crippen LogP contribution is -2.33. The van der Waals surface area contributed by atoms with Crippen LogP contribution in [0.1, 0.15) is 35.3 Å². The number of aromatic nitrogens is 3. The van der Waals surface area contributed by atoms with Crippen molar-refractivity contribution >= 4 is 23.5 Å². The minimum absolute atomic E-state index is 0.0171.